The van der Waals surface area contributed by atoms with Gasteiger partial charge < -0.3 is 15.5 Å². The first-order valence-electron chi connectivity index (χ1n) is 9.57. The fraction of sp³-hybridized carbons (Fsp3) is 0.130. The molecule has 0 aliphatic rings. The van der Waals surface area contributed by atoms with E-state index in [1.54, 1.807) is 47.4 Å². The lowest BCUT2D eigenvalue weighted by atomic mass is 10.1. The Balaban J connectivity index is 1.59. The second kappa shape index (κ2) is 11.0. The molecule has 3 rings (SSSR count). The minimum absolute atomic E-state index is 0.197. The molecule has 0 aliphatic heterocycles. The van der Waals surface area contributed by atoms with Gasteiger partial charge in [-0.2, -0.15) is 0 Å². The zero-order chi connectivity index (χ0) is 22.2. The molecule has 0 aromatic heterocycles. The van der Waals surface area contributed by atoms with Crippen molar-refractivity contribution in [2.45, 2.75) is 6.42 Å². The maximum atomic E-state index is 13.1. The van der Waals surface area contributed by atoms with E-state index < -0.39 is 0 Å². The molecule has 0 atom stereocenters. The van der Waals surface area contributed by atoms with Crippen LogP contribution in [0.3, 0.4) is 0 Å². The van der Waals surface area contributed by atoms with Gasteiger partial charge in [0.15, 0.2) is 0 Å². The zero-order valence-electron chi connectivity index (χ0n) is 16.4. The van der Waals surface area contributed by atoms with Gasteiger partial charge >= 0.3 is 6.03 Å². The van der Waals surface area contributed by atoms with E-state index in [4.69, 9.17) is 34.8 Å². The van der Waals surface area contributed by atoms with Gasteiger partial charge in [0.05, 0.1) is 20.6 Å². The molecule has 8 heteroatoms. The van der Waals surface area contributed by atoms with Crippen LogP contribution in [0.15, 0.2) is 72.8 Å². The molecule has 0 spiro atoms. The molecule has 0 saturated carbocycles. The van der Waals surface area contributed by atoms with Crippen molar-refractivity contribution in [2.24, 2.45) is 0 Å². The highest BCUT2D eigenvalue weighted by atomic mass is 35.5. The van der Waals surface area contributed by atoms with Crippen LogP contribution in [0.1, 0.15) is 16.8 Å². The Morgan fingerprint density at radius 2 is 1.52 bits per heavy atom. The molecular formula is C23H20Cl3N3O2. The van der Waals surface area contributed by atoms with Gasteiger partial charge in [-0.1, -0.05) is 65.1 Å². The van der Waals surface area contributed by atoms with E-state index >= 15 is 0 Å². The van der Waals surface area contributed by atoms with Crippen LogP contribution < -0.4 is 15.5 Å². The Labute approximate surface area is 195 Å². The highest BCUT2D eigenvalue weighted by Crippen LogP contribution is 2.25. The standard InChI is InChI=1S/C23H20Cl3N3O2/c24-19-10-5-4-9-18(19)22(30)29(17-7-2-1-3-8-17)14-6-13-27-23(31)28-16-11-12-20(25)21(26)15-16/h1-5,7-12,15H,6,13-14H2,(H2,27,28,31). The first kappa shape index (κ1) is 22.9. The number of benzene rings is 3. The average molecular weight is 477 g/mol. The molecule has 0 fully saturated rings. The zero-order valence-corrected chi connectivity index (χ0v) is 18.7. The number of amides is 3. The highest BCUT2D eigenvalue weighted by Gasteiger charge is 2.19. The van der Waals surface area contributed by atoms with Crippen LogP contribution in [0.4, 0.5) is 16.2 Å². The van der Waals surface area contributed by atoms with E-state index in [0.717, 1.165) is 5.69 Å². The Morgan fingerprint density at radius 1 is 0.806 bits per heavy atom. The summed E-state index contributed by atoms with van der Waals surface area (Å²) in [6, 6.07) is 20.7. The third kappa shape index (κ3) is 6.37. The molecule has 0 bridgehead atoms. The normalized spacial score (nSPS) is 10.4. The molecule has 160 valence electrons. The molecule has 31 heavy (non-hydrogen) atoms. The van der Waals surface area contributed by atoms with Crippen LogP contribution in [-0.2, 0) is 0 Å². The van der Waals surface area contributed by atoms with Crippen molar-refractivity contribution in [3.63, 3.8) is 0 Å². The smallest absolute Gasteiger partial charge is 0.319 e. The minimum Gasteiger partial charge on any atom is -0.338 e. The van der Waals surface area contributed by atoms with Gasteiger partial charge in [-0.15, -0.1) is 0 Å². The molecule has 3 aromatic carbocycles. The number of carbonyl (C=O) groups excluding carboxylic acids is 2. The summed E-state index contributed by atoms with van der Waals surface area (Å²) in [7, 11) is 0. The van der Waals surface area contributed by atoms with Gasteiger partial charge in [-0.25, -0.2) is 4.79 Å². The maximum absolute atomic E-state index is 13.1. The second-order valence-corrected chi connectivity index (χ2v) is 7.86. The minimum atomic E-state index is -0.373. The van der Waals surface area contributed by atoms with Crippen LogP contribution in [0.5, 0.6) is 0 Å². The number of hydrogen-bond donors (Lipinski definition) is 2. The van der Waals surface area contributed by atoms with Gasteiger partial charge in [0.25, 0.3) is 5.91 Å². The first-order chi connectivity index (χ1) is 15.0. The van der Waals surface area contributed by atoms with Gasteiger partial charge in [-0.3, -0.25) is 4.79 Å². The Morgan fingerprint density at radius 3 is 2.23 bits per heavy atom. The van der Waals surface area contributed by atoms with Crippen molar-refractivity contribution in [2.75, 3.05) is 23.3 Å². The first-order valence-corrected chi connectivity index (χ1v) is 10.7. The number of nitrogens with zero attached hydrogens (tertiary/aromatic N) is 1. The molecule has 5 nitrogen and oxygen atoms in total. The lowest BCUT2D eigenvalue weighted by molar-refractivity contribution is 0.0987. The molecule has 2 N–H and O–H groups in total. The molecule has 0 saturated heterocycles. The summed E-state index contributed by atoms with van der Waals surface area (Å²) in [5, 5.41) is 6.63. The third-order valence-electron chi connectivity index (χ3n) is 4.44. The fourth-order valence-corrected chi connectivity index (χ4v) is 3.44. The van der Waals surface area contributed by atoms with Crippen molar-refractivity contribution in [1.82, 2.24) is 5.32 Å². The lowest BCUT2D eigenvalue weighted by Gasteiger charge is -2.23. The number of halogens is 3. The highest BCUT2D eigenvalue weighted by molar-refractivity contribution is 6.42. The van der Waals surface area contributed by atoms with Gasteiger partial charge in [0.1, 0.15) is 0 Å². The molecule has 0 heterocycles. The summed E-state index contributed by atoms with van der Waals surface area (Å²) in [6.45, 7) is 0.771. The monoisotopic (exact) mass is 475 g/mol. The summed E-state index contributed by atoms with van der Waals surface area (Å²) in [5.41, 5.74) is 1.72. The van der Waals surface area contributed by atoms with Crippen LogP contribution in [0.25, 0.3) is 0 Å². The Kier molecular flexibility index (Phi) is 8.18. The van der Waals surface area contributed by atoms with Crippen molar-refractivity contribution in [1.29, 1.82) is 0 Å². The summed E-state index contributed by atoms with van der Waals surface area (Å²) in [6.07, 6.45) is 0.542. The molecular weight excluding hydrogens is 457 g/mol. The van der Waals surface area contributed by atoms with Crippen molar-refractivity contribution in [3.8, 4) is 0 Å². The number of nitrogens with one attached hydrogen (secondary N) is 2. The quantitative estimate of drug-likeness (QED) is 0.382. The molecule has 0 aliphatic carbocycles. The number of anilines is 2. The largest absolute Gasteiger partial charge is 0.338 e. The average Bonchev–Trinajstić information content (AvgIpc) is 2.77. The van der Waals surface area contributed by atoms with Gasteiger partial charge in [-0.05, 0) is 48.9 Å². The topological polar surface area (TPSA) is 61.4 Å². The number of para-hydroxylation sites is 1. The lowest BCUT2D eigenvalue weighted by Crippen LogP contribution is -2.35. The third-order valence-corrected chi connectivity index (χ3v) is 5.51. The van der Waals surface area contributed by atoms with Crippen molar-refractivity contribution < 1.29 is 9.59 Å². The molecule has 3 amide bonds. The van der Waals surface area contributed by atoms with Crippen LogP contribution in [0.2, 0.25) is 15.1 Å². The predicted octanol–water partition coefficient (Wildman–Crippen LogP) is 6.51. The number of rotatable bonds is 7. The summed E-state index contributed by atoms with van der Waals surface area (Å²) < 4.78 is 0. The summed E-state index contributed by atoms with van der Waals surface area (Å²) >= 11 is 18.1. The van der Waals surface area contributed by atoms with E-state index in [9.17, 15) is 9.59 Å². The maximum Gasteiger partial charge on any atom is 0.319 e. The number of urea groups is 1. The van der Waals surface area contributed by atoms with E-state index in [2.05, 4.69) is 10.6 Å². The Bertz CT molecular complexity index is 1060. The van der Waals surface area contributed by atoms with E-state index in [-0.39, 0.29) is 11.9 Å². The number of hydrogen-bond acceptors (Lipinski definition) is 2. The predicted molar refractivity (Wildman–Crippen MR) is 128 cm³/mol. The summed E-state index contributed by atoms with van der Waals surface area (Å²) in [4.78, 5) is 26.9. The molecule has 0 unspecified atom stereocenters. The SMILES string of the molecule is O=C(NCCCN(C(=O)c1ccccc1Cl)c1ccccc1)Nc1ccc(Cl)c(Cl)c1. The van der Waals surface area contributed by atoms with Gasteiger partial charge in [0.2, 0.25) is 0 Å². The van der Waals surface area contributed by atoms with Crippen molar-refractivity contribution >= 4 is 58.1 Å². The van der Waals surface area contributed by atoms with E-state index in [1.165, 1.54) is 0 Å². The molecule has 0 radical (unpaired) electrons. The van der Waals surface area contributed by atoms with Gasteiger partial charge in [0, 0.05) is 24.5 Å². The van der Waals surface area contributed by atoms with Crippen LogP contribution >= 0.6 is 34.8 Å². The fourth-order valence-electron chi connectivity index (χ4n) is 2.92. The Hall–Kier alpha value is -2.73. The van der Waals surface area contributed by atoms with Crippen molar-refractivity contribution in [3.05, 3.63) is 93.4 Å². The number of carbonyl (C=O) groups is 2. The molecule has 3 aromatic rings. The van der Waals surface area contributed by atoms with E-state index in [1.807, 2.05) is 30.3 Å². The van der Waals surface area contributed by atoms with Crippen LogP contribution in [0, 0.1) is 0 Å². The van der Waals surface area contributed by atoms with Crippen LogP contribution in [-0.4, -0.2) is 25.0 Å². The summed E-state index contributed by atoms with van der Waals surface area (Å²) in [5.74, 6) is -0.197. The second-order valence-electron chi connectivity index (χ2n) is 6.64. The van der Waals surface area contributed by atoms with E-state index in [0.29, 0.717) is 45.8 Å².